The highest BCUT2D eigenvalue weighted by atomic mass is 16.5. The van der Waals surface area contributed by atoms with Gasteiger partial charge in [-0.2, -0.15) is 0 Å². The normalized spacial score (nSPS) is 11.3. The monoisotopic (exact) mass is 283 g/mol. The molecule has 0 aromatic heterocycles. The maximum Gasteiger partial charge on any atom is 0.119 e. The van der Waals surface area contributed by atoms with Crippen molar-refractivity contribution in [3.63, 3.8) is 0 Å². The number of hydrogen-bond acceptors (Lipinski definition) is 2. The van der Waals surface area contributed by atoms with Crippen molar-refractivity contribution in [3.8, 4) is 5.75 Å². The van der Waals surface area contributed by atoms with Gasteiger partial charge in [-0.15, -0.1) is 0 Å². The van der Waals surface area contributed by atoms with E-state index >= 15 is 0 Å². The zero-order valence-corrected chi connectivity index (χ0v) is 13.1. The van der Waals surface area contributed by atoms with Gasteiger partial charge in [0.2, 0.25) is 0 Å². The molecule has 2 rings (SSSR count). The Labute approximate surface area is 127 Å². The van der Waals surface area contributed by atoms with Gasteiger partial charge < -0.3 is 4.74 Å². The molecule has 0 heterocycles. The van der Waals surface area contributed by atoms with Crippen molar-refractivity contribution in [1.82, 2.24) is 0 Å². The van der Waals surface area contributed by atoms with Gasteiger partial charge in [0.1, 0.15) is 5.75 Å². The van der Waals surface area contributed by atoms with Crippen LogP contribution in [0.5, 0.6) is 5.75 Å². The molecule has 0 fully saturated rings. The molecule has 2 aromatic rings. The van der Waals surface area contributed by atoms with Crippen LogP contribution in [-0.4, -0.2) is 19.9 Å². The molecule has 0 atom stereocenters. The molecule has 0 spiro atoms. The summed E-state index contributed by atoms with van der Waals surface area (Å²) in [5.74, 6) is 0.968. The second kappa shape index (κ2) is 8.46. The van der Waals surface area contributed by atoms with Crippen molar-refractivity contribution in [2.24, 2.45) is 4.99 Å². The zero-order chi connectivity index (χ0) is 14.9. The van der Waals surface area contributed by atoms with Crippen LogP contribution in [0.15, 0.2) is 41.4 Å². The summed E-state index contributed by atoms with van der Waals surface area (Å²) in [7, 11) is 1.79. The van der Waals surface area contributed by atoms with Gasteiger partial charge in [0, 0.05) is 13.3 Å². The van der Waals surface area contributed by atoms with E-state index in [1.807, 2.05) is 6.21 Å². The van der Waals surface area contributed by atoms with E-state index in [1.165, 1.54) is 36.5 Å². The van der Waals surface area contributed by atoms with Crippen molar-refractivity contribution in [2.75, 3.05) is 13.7 Å². The molecule has 2 heteroatoms. The summed E-state index contributed by atoms with van der Waals surface area (Å²) in [6, 6.07) is 12.7. The van der Waals surface area contributed by atoms with Gasteiger partial charge in [0.15, 0.2) is 0 Å². The van der Waals surface area contributed by atoms with Gasteiger partial charge in [-0.1, -0.05) is 50.8 Å². The summed E-state index contributed by atoms with van der Waals surface area (Å²) in [5, 5.41) is 2.44. The maximum absolute atomic E-state index is 5.85. The minimum absolute atomic E-state index is 0.815. The van der Waals surface area contributed by atoms with Gasteiger partial charge in [-0.05, 0) is 41.0 Å². The Kier molecular flexibility index (Phi) is 6.26. The van der Waals surface area contributed by atoms with Gasteiger partial charge in [-0.25, -0.2) is 0 Å². The molecule has 0 bridgehead atoms. The first-order valence-corrected chi connectivity index (χ1v) is 7.92. The highest BCUT2D eigenvalue weighted by Gasteiger charge is 1.99. The second-order valence-electron chi connectivity index (χ2n) is 5.42. The van der Waals surface area contributed by atoms with Crippen LogP contribution < -0.4 is 4.74 Å². The Morgan fingerprint density at radius 3 is 2.52 bits per heavy atom. The number of nitrogens with zero attached hydrogens (tertiary/aromatic N) is 1. The molecular weight excluding hydrogens is 258 g/mol. The van der Waals surface area contributed by atoms with Crippen molar-refractivity contribution >= 4 is 17.0 Å². The molecule has 112 valence electrons. The quantitative estimate of drug-likeness (QED) is 0.479. The average molecular weight is 283 g/mol. The van der Waals surface area contributed by atoms with Crippen molar-refractivity contribution < 1.29 is 4.74 Å². The number of unbranched alkanes of at least 4 members (excludes halogenated alkanes) is 4. The van der Waals surface area contributed by atoms with Crippen LogP contribution in [-0.2, 0) is 0 Å². The van der Waals surface area contributed by atoms with E-state index in [2.05, 4.69) is 48.3 Å². The van der Waals surface area contributed by atoms with Crippen LogP contribution in [0.4, 0.5) is 0 Å². The first-order valence-electron chi connectivity index (χ1n) is 7.92. The molecule has 0 unspecified atom stereocenters. The highest BCUT2D eigenvalue weighted by Crippen LogP contribution is 2.22. The Morgan fingerprint density at radius 1 is 0.952 bits per heavy atom. The summed E-state index contributed by atoms with van der Waals surface area (Å²) in [6.07, 6.45) is 8.22. The molecule has 21 heavy (non-hydrogen) atoms. The minimum Gasteiger partial charge on any atom is -0.494 e. The number of fused-ring (bicyclic) bond motifs is 1. The third kappa shape index (κ3) is 4.89. The van der Waals surface area contributed by atoms with Gasteiger partial charge in [-0.3, -0.25) is 4.99 Å². The molecule has 0 saturated carbocycles. The Balaban J connectivity index is 1.91. The standard InChI is InChI=1S/C19H25NO/c1-3-4-5-6-7-12-21-19-11-10-17-13-16(15-20-2)8-9-18(17)14-19/h8-11,13-15H,3-7,12H2,1-2H3/b20-15+. The smallest absolute Gasteiger partial charge is 0.119 e. The van der Waals surface area contributed by atoms with Crippen LogP contribution in [0.2, 0.25) is 0 Å². The van der Waals surface area contributed by atoms with E-state index in [1.54, 1.807) is 7.05 Å². The third-order valence-electron chi connectivity index (χ3n) is 3.63. The molecule has 0 radical (unpaired) electrons. The third-order valence-corrected chi connectivity index (χ3v) is 3.63. The summed E-state index contributed by atoms with van der Waals surface area (Å²) < 4.78 is 5.85. The van der Waals surface area contributed by atoms with E-state index in [0.717, 1.165) is 24.3 Å². The lowest BCUT2D eigenvalue weighted by Crippen LogP contribution is -1.97. The van der Waals surface area contributed by atoms with Gasteiger partial charge in [0.05, 0.1) is 6.61 Å². The van der Waals surface area contributed by atoms with E-state index in [0.29, 0.717) is 0 Å². The lowest BCUT2D eigenvalue weighted by atomic mass is 10.1. The fourth-order valence-corrected chi connectivity index (χ4v) is 2.46. The summed E-state index contributed by atoms with van der Waals surface area (Å²) in [6.45, 7) is 3.05. The van der Waals surface area contributed by atoms with E-state index in [4.69, 9.17) is 4.74 Å². The number of aliphatic imine (C=N–C) groups is 1. The highest BCUT2D eigenvalue weighted by molar-refractivity contribution is 5.91. The Bertz CT molecular complexity index is 589. The SMILES string of the molecule is CCCCCCCOc1ccc2cc(/C=N/C)ccc2c1. The number of ether oxygens (including phenoxy) is 1. The molecule has 0 aliphatic rings. The summed E-state index contributed by atoms with van der Waals surface area (Å²) in [5.41, 5.74) is 1.13. The fraction of sp³-hybridized carbons (Fsp3) is 0.421. The maximum atomic E-state index is 5.85. The molecule has 0 amide bonds. The molecule has 0 aliphatic carbocycles. The van der Waals surface area contributed by atoms with Crippen LogP contribution >= 0.6 is 0 Å². The predicted molar refractivity (Wildman–Crippen MR) is 91.7 cm³/mol. The molecule has 0 N–H and O–H groups in total. The van der Waals surface area contributed by atoms with Gasteiger partial charge in [0.25, 0.3) is 0 Å². The molecule has 0 saturated heterocycles. The van der Waals surface area contributed by atoms with Crippen molar-refractivity contribution in [2.45, 2.75) is 39.0 Å². The van der Waals surface area contributed by atoms with E-state index in [-0.39, 0.29) is 0 Å². The van der Waals surface area contributed by atoms with E-state index < -0.39 is 0 Å². The largest absolute Gasteiger partial charge is 0.494 e. The molecule has 0 aliphatic heterocycles. The molecular formula is C19H25NO. The number of rotatable bonds is 8. The minimum atomic E-state index is 0.815. The van der Waals surface area contributed by atoms with Crippen LogP contribution in [0, 0.1) is 0 Å². The first-order chi connectivity index (χ1) is 10.3. The van der Waals surface area contributed by atoms with E-state index in [9.17, 15) is 0 Å². The summed E-state index contributed by atoms with van der Waals surface area (Å²) >= 11 is 0. The Morgan fingerprint density at radius 2 is 1.71 bits per heavy atom. The first kappa shape index (κ1) is 15.6. The summed E-state index contributed by atoms with van der Waals surface area (Å²) in [4.78, 5) is 4.05. The van der Waals surface area contributed by atoms with Crippen LogP contribution in [0.1, 0.15) is 44.6 Å². The number of hydrogen-bond donors (Lipinski definition) is 0. The second-order valence-corrected chi connectivity index (χ2v) is 5.42. The topological polar surface area (TPSA) is 21.6 Å². The average Bonchev–Trinajstić information content (AvgIpc) is 2.51. The number of benzene rings is 2. The molecule has 2 nitrogen and oxygen atoms in total. The fourth-order valence-electron chi connectivity index (χ4n) is 2.46. The van der Waals surface area contributed by atoms with Crippen molar-refractivity contribution in [1.29, 1.82) is 0 Å². The Hall–Kier alpha value is -1.83. The molecule has 2 aromatic carbocycles. The van der Waals surface area contributed by atoms with Gasteiger partial charge >= 0.3 is 0 Å². The zero-order valence-electron chi connectivity index (χ0n) is 13.1. The van der Waals surface area contributed by atoms with Crippen LogP contribution in [0.25, 0.3) is 10.8 Å². The lowest BCUT2D eigenvalue weighted by Gasteiger charge is -2.07. The van der Waals surface area contributed by atoms with Crippen LogP contribution in [0.3, 0.4) is 0 Å². The predicted octanol–water partition coefficient (Wildman–Crippen LogP) is 5.24. The van der Waals surface area contributed by atoms with Crippen molar-refractivity contribution in [3.05, 3.63) is 42.0 Å². The lowest BCUT2D eigenvalue weighted by molar-refractivity contribution is 0.305.